The second-order valence-corrected chi connectivity index (χ2v) is 8.44. The third kappa shape index (κ3) is 3.98. The summed E-state index contributed by atoms with van der Waals surface area (Å²) >= 11 is 0. The van der Waals surface area contributed by atoms with Crippen LogP contribution in [0.3, 0.4) is 0 Å². The summed E-state index contributed by atoms with van der Waals surface area (Å²) in [6.07, 6.45) is 5.67. The lowest BCUT2D eigenvalue weighted by Crippen LogP contribution is -2.33. The molecule has 2 aromatic carbocycles. The summed E-state index contributed by atoms with van der Waals surface area (Å²) in [7, 11) is 1.68. The number of nitrogens with one attached hydrogen (secondary N) is 1. The molecule has 0 radical (unpaired) electrons. The van der Waals surface area contributed by atoms with Crippen molar-refractivity contribution in [3.63, 3.8) is 0 Å². The van der Waals surface area contributed by atoms with Crippen molar-refractivity contribution >= 4 is 28.5 Å². The Morgan fingerprint density at radius 1 is 1.18 bits per heavy atom. The smallest absolute Gasteiger partial charge is 0.230 e. The molecule has 8 heteroatoms. The topological polar surface area (TPSA) is 88.3 Å². The zero-order valence-corrected chi connectivity index (χ0v) is 19.1. The number of aliphatic hydroxyl groups excluding tert-OH is 1. The molecule has 0 aliphatic carbocycles. The average molecular weight is 445 g/mol. The number of ether oxygens (including phenoxy) is 1. The van der Waals surface area contributed by atoms with Crippen LogP contribution in [-0.4, -0.2) is 50.9 Å². The summed E-state index contributed by atoms with van der Waals surface area (Å²) < 4.78 is 7.47. The lowest BCUT2D eigenvalue weighted by molar-refractivity contribution is 0.266. The molecule has 33 heavy (non-hydrogen) atoms. The SMILES string of the molecule is COc1cc(-n2cnc(Nc3nc(N4CCC[C@@H]4CO)c4ccccc4n3)c2)cc(C)c1C. The lowest BCUT2D eigenvalue weighted by atomic mass is 10.1. The Hall–Kier alpha value is -3.65. The van der Waals surface area contributed by atoms with E-state index in [9.17, 15) is 5.11 Å². The monoisotopic (exact) mass is 444 g/mol. The van der Waals surface area contributed by atoms with Crippen molar-refractivity contribution in [2.45, 2.75) is 32.7 Å². The minimum Gasteiger partial charge on any atom is -0.496 e. The number of aromatic nitrogens is 4. The van der Waals surface area contributed by atoms with E-state index in [4.69, 9.17) is 14.7 Å². The average Bonchev–Trinajstić information content (AvgIpc) is 3.50. The number of anilines is 3. The van der Waals surface area contributed by atoms with Gasteiger partial charge < -0.3 is 24.6 Å². The van der Waals surface area contributed by atoms with E-state index < -0.39 is 0 Å². The number of aryl methyl sites for hydroxylation is 1. The molecule has 8 nitrogen and oxygen atoms in total. The van der Waals surface area contributed by atoms with Gasteiger partial charge in [0.15, 0.2) is 5.82 Å². The summed E-state index contributed by atoms with van der Waals surface area (Å²) in [5.74, 6) is 2.82. The van der Waals surface area contributed by atoms with Gasteiger partial charge in [0.2, 0.25) is 5.95 Å². The zero-order valence-electron chi connectivity index (χ0n) is 19.1. The van der Waals surface area contributed by atoms with Gasteiger partial charge >= 0.3 is 0 Å². The van der Waals surface area contributed by atoms with Crippen molar-refractivity contribution in [1.29, 1.82) is 0 Å². The van der Waals surface area contributed by atoms with Crippen LogP contribution in [0.15, 0.2) is 48.9 Å². The molecule has 170 valence electrons. The van der Waals surface area contributed by atoms with Gasteiger partial charge in [0.1, 0.15) is 17.9 Å². The molecule has 0 spiro atoms. The number of imidazole rings is 1. The third-order valence-corrected chi connectivity index (χ3v) is 6.39. The molecule has 1 fully saturated rings. The van der Waals surface area contributed by atoms with Crippen LogP contribution in [0.5, 0.6) is 5.75 Å². The fourth-order valence-corrected chi connectivity index (χ4v) is 4.45. The molecule has 1 saturated heterocycles. The maximum atomic E-state index is 9.84. The minimum absolute atomic E-state index is 0.0788. The highest BCUT2D eigenvalue weighted by Crippen LogP contribution is 2.32. The molecule has 0 bridgehead atoms. The highest BCUT2D eigenvalue weighted by molar-refractivity contribution is 5.91. The van der Waals surface area contributed by atoms with Crippen LogP contribution in [0.25, 0.3) is 16.6 Å². The molecule has 1 atom stereocenters. The molecule has 1 aliphatic heterocycles. The Labute approximate surface area is 192 Å². The number of nitrogens with zero attached hydrogens (tertiary/aromatic N) is 5. The van der Waals surface area contributed by atoms with Crippen molar-refractivity contribution < 1.29 is 9.84 Å². The number of hydrogen-bond acceptors (Lipinski definition) is 7. The summed E-state index contributed by atoms with van der Waals surface area (Å²) in [5.41, 5.74) is 4.10. The van der Waals surface area contributed by atoms with Crippen LogP contribution in [0.2, 0.25) is 0 Å². The van der Waals surface area contributed by atoms with Crippen molar-refractivity contribution in [2.24, 2.45) is 0 Å². The van der Waals surface area contributed by atoms with Crippen LogP contribution in [0.4, 0.5) is 17.6 Å². The highest BCUT2D eigenvalue weighted by atomic mass is 16.5. The van der Waals surface area contributed by atoms with E-state index in [1.54, 1.807) is 13.4 Å². The summed E-state index contributed by atoms with van der Waals surface area (Å²) in [4.78, 5) is 16.2. The van der Waals surface area contributed by atoms with E-state index in [2.05, 4.69) is 35.1 Å². The Morgan fingerprint density at radius 2 is 2.03 bits per heavy atom. The minimum atomic E-state index is 0.0788. The van der Waals surface area contributed by atoms with E-state index in [-0.39, 0.29) is 12.6 Å². The van der Waals surface area contributed by atoms with Crippen LogP contribution >= 0.6 is 0 Å². The zero-order chi connectivity index (χ0) is 22.9. The van der Waals surface area contributed by atoms with Crippen LogP contribution in [0, 0.1) is 13.8 Å². The van der Waals surface area contributed by atoms with Gasteiger partial charge in [-0.1, -0.05) is 12.1 Å². The number of hydrogen-bond donors (Lipinski definition) is 2. The van der Waals surface area contributed by atoms with Crippen LogP contribution < -0.4 is 15.0 Å². The fraction of sp³-hybridized carbons (Fsp3) is 0.320. The standard InChI is InChI=1S/C25H28N6O2/c1-16-11-19(12-22(33-3)17(16)2)30-13-23(26-15-30)28-25-27-21-9-5-4-8-20(21)24(29-25)31-10-6-7-18(31)14-32/h4-5,8-9,11-13,15,18,32H,6-7,10,14H2,1-3H3,(H,27,28,29)/t18-/m1/s1. The molecule has 0 unspecified atom stereocenters. The number of benzene rings is 2. The molecule has 1 aliphatic rings. The van der Waals surface area contributed by atoms with E-state index >= 15 is 0 Å². The van der Waals surface area contributed by atoms with Gasteiger partial charge in [-0.3, -0.25) is 0 Å². The van der Waals surface area contributed by atoms with Gasteiger partial charge in [-0.25, -0.2) is 9.97 Å². The first-order chi connectivity index (χ1) is 16.1. The molecule has 2 N–H and O–H groups in total. The molecule has 5 rings (SSSR count). The second-order valence-electron chi connectivity index (χ2n) is 8.44. The largest absolute Gasteiger partial charge is 0.496 e. The molecular weight excluding hydrogens is 416 g/mol. The summed E-state index contributed by atoms with van der Waals surface area (Å²) in [6.45, 7) is 5.11. The molecule has 2 aromatic heterocycles. The van der Waals surface area contributed by atoms with E-state index in [0.29, 0.717) is 11.8 Å². The Kier molecular flexibility index (Phi) is 5.60. The van der Waals surface area contributed by atoms with Crippen LogP contribution in [-0.2, 0) is 0 Å². The molecule has 4 aromatic rings. The third-order valence-electron chi connectivity index (χ3n) is 6.39. The first kappa shape index (κ1) is 21.2. The van der Waals surface area contributed by atoms with Crippen LogP contribution in [0.1, 0.15) is 24.0 Å². The first-order valence-corrected chi connectivity index (χ1v) is 11.2. The Bertz CT molecular complexity index is 1300. The van der Waals surface area contributed by atoms with Gasteiger partial charge in [-0.2, -0.15) is 4.98 Å². The number of fused-ring (bicyclic) bond motifs is 1. The fourth-order valence-electron chi connectivity index (χ4n) is 4.45. The number of aliphatic hydroxyl groups is 1. The predicted molar refractivity (Wildman–Crippen MR) is 130 cm³/mol. The molecular formula is C25H28N6O2. The molecule has 0 saturated carbocycles. The predicted octanol–water partition coefficient (Wildman–Crippen LogP) is 4.15. The summed E-state index contributed by atoms with van der Waals surface area (Å²) in [6, 6.07) is 12.2. The van der Waals surface area contributed by atoms with E-state index in [0.717, 1.165) is 58.7 Å². The number of rotatable bonds is 6. The Balaban J connectivity index is 1.48. The Morgan fingerprint density at radius 3 is 2.85 bits per heavy atom. The summed E-state index contributed by atoms with van der Waals surface area (Å²) in [5, 5.41) is 14.1. The van der Waals surface area contributed by atoms with Crippen molar-refractivity contribution in [3.8, 4) is 11.4 Å². The van der Waals surface area contributed by atoms with Gasteiger partial charge in [0, 0.05) is 18.0 Å². The maximum Gasteiger partial charge on any atom is 0.230 e. The molecule has 0 amide bonds. The van der Waals surface area contributed by atoms with E-state index in [1.807, 2.05) is 41.1 Å². The van der Waals surface area contributed by atoms with Crippen molar-refractivity contribution in [3.05, 3.63) is 60.0 Å². The first-order valence-electron chi connectivity index (χ1n) is 11.2. The van der Waals surface area contributed by atoms with Gasteiger partial charge in [-0.15, -0.1) is 0 Å². The number of para-hydroxylation sites is 1. The van der Waals surface area contributed by atoms with Crippen molar-refractivity contribution in [2.75, 3.05) is 30.5 Å². The van der Waals surface area contributed by atoms with Crippen molar-refractivity contribution in [1.82, 2.24) is 19.5 Å². The molecule has 3 heterocycles. The normalized spacial score (nSPS) is 15.9. The van der Waals surface area contributed by atoms with Gasteiger partial charge in [0.05, 0.1) is 37.2 Å². The number of methoxy groups -OCH3 is 1. The maximum absolute atomic E-state index is 9.84. The highest BCUT2D eigenvalue weighted by Gasteiger charge is 2.27. The quantitative estimate of drug-likeness (QED) is 0.462. The van der Waals surface area contributed by atoms with Gasteiger partial charge in [0.25, 0.3) is 0 Å². The van der Waals surface area contributed by atoms with E-state index in [1.165, 1.54) is 0 Å². The van der Waals surface area contributed by atoms with Gasteiger partial charge in [-0.05, 0) is 56.0 Å². The second kappa shape index (κ2) is 8.71. The lowest BCUT2D eigenvalue weighted by Gasteiger charge is -2.25.